The molecule has 3 atom stereocenters. The molecule has 5 aliphatic heterocycles. The number of nitrogen functional groups attached to an aromatic ring is 1. The molecule has 0 radical (unpaired) electrons. The fraction of sp³-hybridized carbons (Fsp3) is 0.467. The average Bonchev–Trinajstić information content (AvgIpc) is 3.85. The minimum atomic E-state index is -4.55. The van der Waals surface area contributed by atoms with E-state index in [0.717, 1.165) is 67.7 Å². The summed E-state index contributed by atoms with van der Waals surface area (Å²) >= 11 is 0. The first kappa shape index (κ1) is 43.2. The molecule has 1 aromatic heterocycles. The van der Waals surface area contributed by atoms with Crippen molar-refractivity contribution in [1.29, 1.82) is 0 Å². The fourth-order valence-electron chi connectivity index (χ4n) is 9.49. The molecule has 3 aromatic carbocycles. The Morgan fingerprint density at radius 1 is 0.891 bits per heavy atom. The molecule has 0 spiro atoms. The van der Waals surface area contributed by atoms with E-state index in [2.05, 4.69) is 25.4 Å². The van der Waals surface area contributed by atoms with Gasteiger partial charge >= 0.3 is 6.18 Å². The van der Waals surface area contributed by atoms with Crippen LogP contribution < -0.4 is 30.9 Å². The van der Waals surface area contributed by atoms with E-state index in [1.165, 1.54) is 12.1 Å². The number of nitrogens with zero attached hydrogens (tertiary/aromatic N) is 6. The number of aryl methyl sites for hydroxylation is 1. The second-order valence-electron chi connectivity index (χ2n) is 17.3. The predicted molar refractivity (Wildman–Crippen MR) is 229 cm³/mol. The van der Waals surface area contributed by atoms with E-state index in [9.17, 15) is 32.3 Å². The summed E-state index contributed by atoms with van der Waals surface area (Å²) in [4.78, 5) is 67.6. The van der Waals surface area contributed by atoms with E-state index in [1.807, 2.05) is 17.0 Å². The average molecular weight is 888 g/mol. The van der Waals surface area contributed by atoms with Gasteiger partial charge in [-0.1, -0.05) is 0 Å². The van der Waals surface area contributed by atoms with E-state index < -0.39 is 53.3 Å². The maximum atomic E-state index is 15.6. The SMILES string of the molecule is Cc1nc(N[C@H](C)c2cc(N)cc(C(F)(F)F)c2)c2cc(O[C@H]3CCOC3)c(N3CCN(CC4CCN(c5cc6c(cc5F)C(=O)N(C5CCC(=O)NC5=O)C6=O)CC4)CC3)cc2n1. The number of amides is 4. The molecule has 0 saturated carbocycles. The van der Waals surface area contributed by atoms with Gasteiger partial charge in [-0.05, 0) is 87.1 Å². The van der Waals surface area contributed by atoms with Crippen LogP contribution in [0.15, 0.2) is 42.5 Å². The van der Waals surface area contributed by atoms with Crippen LogP contribution in [-0.2, 0) is 20.5 Å². The summed E-state index contributed by atoms with van der Waals surface area (Å²) in [5, 5.41) is 6.15. The van der Waals surface area contributed by atoms with E-state index in [1.54, 1.807) is 13.8 Å². The second-order valence-corrected chi connectivity index (χ2v) is 17.3. The van der Waals surface area contributed by atoms with Crippen molar-refractivity contribution in [2.45, 2.75) is 70.3 Å². The molecule has 4 N–H and O–H groups in total. The number of halogens is 4. The Balaban J connectivity index is 0.856. The Hall–Kier alpha value is -6.08. The van der Waals surface area contributed by atoms with Crippen LogP contribution in [0.25, 0.3) is 10.9 Å². The Kier molecular flexibility index (Phi) is 11.6. The number of piperidine rings is 2. The molecule has 1 unspecified atom stereocenters. The number of aromatic nitrogens is 2. The van der Waals surface area contributed by atoms with Crippen molar-refractivity contribution in [3.63, 3.8) is 0 Å². The van der Waals surface area contributed by atoms with Crippen molar-refractivity contribution < 1.29 is 46.2 Å². The van der Waals surface area contributed by atoms with Crippen molar-refractivity contribution in [2.75, 3.05) is 79.9 Å². The maximum Gasteiger partial charge on any atom is 0.416 e. The lowest BCUT2D eigenvalue weighted by atomic mass is 9.95. The summed E-state index contributed by atoms with van der Waals surface area (Å²) in [5.74, 6) is -1.26. The molecule has 4 saturated heterocycles. The van der Waals surface area contributed by atoms with Crippen molar-refractivity contribution in [3.05, 3.63) is 76.4 Å². The number of anilines is 4. The van der Waals surface area contributed by atoms with Gasteiger partial charge in [-0.2, -0.15) is 13.2 Å². The number of benzene rings is 3. The molecule has 4 aromatic rings. The van der Waals surface area contributed by atoms with Gasteiger partial charge in [0.05, 0.1) is 52.8 Å². The van der Waals surface area contributed by atoms with Gasteiger partial charge in [-0.3, -0.25) is 34.3 Å². The van der Waals surface area contributed by atoms with Crippen LogP contribution in [0, 0.1) is 18.7 Å². The number of fused-ring (bicyclic) bond motifs is 2. The van der Waals surface area contributed by atoms with Crippen LogP contribution in [0.5, 0.6) is 5.75 Å². The number of nitrogens with two attached hydrogens (primary N) is 1. The van der Waals surface area contributed by atoms with Gasteiger partial charge in [0, 0.05) is 69.7 Å². The first-order valence-corrected chi connectivity index (χ1v) is 21.7. The standard InChI is InChI=1S/C45H49F4N9O6/c1-24(27-15-28(45(47,48)49)17-29(50)16-27)51-41-33-20-39(64-30-7-14-63-23-30)38(21-35(33)52-25(2)53-41)57-12-10-55(11-13-57)22-26-5-8-56(9-6-26)37-19-32-31(18-34(37)46)43(61)58(44(32)62)36-3-4-40(59)54-42(36)60/h15-21,24,26,30,36H,3-14,22-23,50H2,1-2H3,(H,51,52,53)(H,54,59,60)/t24-,30+,36?/m1/s1. The van der Waals surface area contributed by atoms with Gasteiger partial charge in [-0.15, -0.1) is 0 Å². The molecule has 5 aliphatic rings. The molecule has 9 rings (SSSR count). The zero-order valence-corrected chi connectivity index (χ0v) is 35.5. The lowest BCUT2D eigenvalue weighted by molar-refractivity contribution is -0.138. The Morgan fingerprint density at radius 3 is 2.30 bits per heavy atom. The molecule has 15 nitrogen and oxygen atoms in total. The van der Waals surface area contributed by atoms with E-state index in [-0.39, 0.29) is 41.4 Å². The zero-order valence-electron chi connectivity index (χ0n) is 35.5. The lowest BCUT2D eigenvalue weighted by Crippen LogP contribution is -2.54. The minimum Gasteiger partial charge on any atom is -0.486 e. The predicted octanol–water partition coefficient (Wildman–Crippen LogP) is 5.46. The Labute approximate surface area is 366 Å². The monoisotopic (exact) mass is 887 g/mol. The van der Waals surface area contributed by atoms with Crippen molar-refractivity contribution in [1.82, 2.24) is 25.1 Å². The van der Waals surface area contributed by atoms with Crippen LogP contribution in [0.1, 0.15) is 82.7 Å². The second kappa shape index (κ2) is 17.1. The molecular weight excluding hydrogens is 839 g/mol. The molecular formula is C45H49F4N9O6. The molecule has 338 valence electrons. The number of imide groups is 2. The van der Waals surface area contributed by atoms with Crippen LogP contribution in [-0.4, -0.2) is 115 Å². The Morgan fingerprint density at radius 2 is 1.61 bits per heavy atom. The summed E-state index contributed by atoms with van der Waals surface area (Å²) in [7, 11) is 0. The van der Waals surface area contributed by atoms with Gasteiger partial charge < -0.3 is 30.3 Å². The van der Waals surface area contributed by atoms with Gasteiger partial charge in [-0.25, -0.2) is 14.4 Å². The highest BCUT2D eigenvalue weighted by Gasteiger charge is 2.45. The largest absolute Gasteiger partial charge is 0.486 e. The van der Waals surface area contributed by atoms with Gasteiger partial charge in [0.1, 0.15) is 35.4 Å². The first-order chi connectivity index (χ1) is 30.6. The number of ether oxygens (including phenoxy) is 2. The highest BCUT2D eigenvalue weighted by Crippen LogP contribution is 2.40. The zero-order chi connectivity index (χ0) is 45.0. The number of carbonyl (C=O) groups excluding carboxylic acids is 4. The number of piperazine rings is 1. The number of rotatable bonds is 10. The van der Waals surface area contributed by atoms with Crippen molar-refractivity contribution >= 4 is 57.4 Å². The van der Waals surface area contributed by atoms with Gasteiger partial charge in [0.15, 0.2) is 0 Å². The molecule has 4 fully saturated rings. The number of nitrogens with one attached hydrogen (secondary N) is 2. The summed E-state index contributed by atoms with van der Waals surface area (Å²) in [6.07, 6.45) is -2.36. The third kappa shape index (κ3) is 8.62. The van der Waals surface area contributed by atoms with Gasteiger partial charge in [0.25, 0.3) is 11.8 Å². The maximum absolute atomic E-state index is 15.6. The van der Waals surface area contributed by atoms with Crippen LogP contribution in [0.4, 0.5) is 40.4 Å². The smallest absolute Gasteiger partial charge is 0.416 e. The molecule has 19 heteroatoms. The summed E-state index contributed by atoms with van der Waals surface area (Å²) in [5.41, 5.74) is 7.19. The number of hydrogen-bond acceptors (Lipinski definition) is 13. The number of hydrogen-bond donors (Lipinski definition) is 3. The van der Waals surface area contributed by atoms with Crippen LogP contribution >= 0.6 is 0 Å². The summed E-state index contributed by atoms with van der Waals surface area (Å²) < 4.78 is 68.8. The molecule has 64 heavy (non-hydrogen) atoms. The highest BCUT2D eigenvalue weighted by molar-refractivity contribution is 6.23. The van der Waals surface area contributed by atoms with Crippen LogP contribution in [0.2, 0.25) is 0 Å². The molecule has 0 aliphatic carbocycles. The van der Waals surface area contributed by atoms with E-state index >= 15 is 4.39 Å². The molecule has 4 amide bonds. The summed E-state index contributed by atoms with van der Waals surface area (Å²) in [6.45, 7) is 9.56. The topological polar surface area (TPSA) is 176 Å². The quantitative estimate of drug-likeness (QED) is 0.104. The van der Waals surface area contributed by atoms with Crippen molar-refractivity contribution in [3.8, 4) is 5.75 Å². The molecule has 0 bridgehead atoms. The first-order valence-electron chi connectivity index (χ1n) is 21.7. The highest BCUT2D eigenvalue weighted by atomic mass is 19.4. The van der Waals surface area contributed by atoms with Gasteiger partial charge in [0.2, 0.25) is 11.8 Å². The summed E-state index contributed by atoms with van der Waals surface area (Å²) in [6, 6.07) is 8.23. The molecule has 6 heterocycles. The van der Waals surface area contributed by atoms with Crippen LogP contribution in [0.3, 0.4) is 0 Å². The fourth-order valence-corrected chi connectivity index (χ4v) is 9.49. The minimum absolute atomic E-state index is 0.00232. The third-order valence-corrected chi connectivity index (χ3v) is 12.9. The number of alkyl halides is 3. The lowest BCUT2D eigenvalue weighted by Gasteiger charge is -2.40. The van der Waals surface area contributed by atoms with E-state index in [0.29, 0.717) is 79.2 Å². The Bertz CT molecular complexity index is 2520. The third-order valence-electron chi connectivity index (χ3n) is 12.9. The number of carbonyl (C=O) groups is 4. The normalized spacial score (nSPS) is 21.8. The van der Waals surface area contributed by atoms with Crippen molar-refractivity contribution in [2.24, 2.45) is 5.92 Å². The van der Waals surface area contributed by atoms with E-state index in [4.69, 9.17) is 20.2 Å².